The Balaban J connectivity index is 2.25. The van der Waals surface area contributed by atoms with Gasteiger partial charge in [0, 0.05) is 48.6 Å². The maximum Gasteiger partial charge on any atom is 0.273 e. The van der Waals surface area contributed by atoms with Gasteiger partial charge in [0.25, 0.3) is 5.69 Å². The molecule has 0 heterocycles. The predicted molar refractivity (Wildman–Crippen MR) is 88.9 cm³/mol. The Hall–Kier alpha value is -2.08. The number of hydrogen-bond acceptors (Lipinski definition) is 4. The Morgan fingerprint density at radius 3 is 2.48 bits per heavy atom. The highest BCUT2D eigenvalue weighted by Gasteiger charge is 2.12. The van der Waals surface area contributed by atoms with Crippen molar-refractivity contribution in [3.8, 4) is 0 Å². The molecule has 0 aliphatic carbocycles. The molecule has 2 aromatic carbocycles. The van der Waals surface area contributed by atoms with Crippen molar-refractivity contribution in [3.63, 3.8) is 0 Å². The van der Waals surface area contributed by atoms with Crippen molar-refractivity contribution in [3.05, 3.63) is 62.6 Å². The third-order valence-corrected chi connectivity index (χ3v) is 3.70. The molecule has 0 unspecified atom stereocenters. The SMILES string of the molecule is CNc1cc(N(C)Cc2ccc(Br)cc2)cc([N+](=O)[O-])c1. The number of nitro groups is 1. The van der Waals surface area contributed by atoms with Crippen LogP contribution in [-0.2, 0) is 6.54 Å². The summed E-state index contributed by atoms with van der Waals surface area (Å²) in [7, 11) is 3.66. The lowest BCUT2D eigenvalue weighted by Crippen LogP contribution is -2.16. The molecule has 0 spiro atoms. The van der Waals surface area contributed by atoms with Crippen molar-refractivity contribution in [1.82, 2.24) is 0 Å². The molecular formula is C15H16BrN3O2. The van der Waals surface area contributed by atoms with E-state index in [1.54, 1.807) is 13.1 Å². The number of benzene rings is 2. The number of nitro benzene ring substituents is 1. The average molecular weight is 350 g/mol. The first kappa shape index (κ1) is 15.3. The molecule has 0 aliphatic rings. The summed E-state index contributed by atoms with van der Waals surface area (Å²) in [5.74, 6) is 0. The lowest BCUT2D eigenvalue weighted by atomic mass is 10.2. The molecule has 0 saturated carbocycles. The zero-order valence-electron chi connectivity index (χ0n) is 11.8. The molecule has 21 heavy (non-hydrogen) atoms. The summed E-state index contributed by atoms with van der Waals surface area (Å²) in [6.45, 7) is 0.678. The normalized spacial score (nSPS) is 10.2. The largest absolute Gasteiger partial charge is 0.388 e. The van der Waals surface area contributed by atoms with Gasteiger partial charge in [-0.3, -0.25) is 10.1 Å². The van der Waals surface area contributed by atoms with Crippen LogP contribution in [0.25, 0.3) is 0 Å². The van der Waals surface area contributed by atoms with E-state index in [-0.39, 0.29) is 10.6 Å². The van der Waals surface area contributed by atoms with E-state index < -0.39 is 0 Å². The summed E-state index contributed by atoms with van der Waals surface area (Å²) in [4.78, 5) is 12.6. The molecule has 0 fully saturated rings. The van der Waals surface area contributed by atoms with Gasteiger partial charge >= 0.3 is 0 Å². The van der Waals surface area contributed by atoms with Gasteiger partial charge in [0.05, 0.1) is 4.92 Å². The summed E-state index contributed by atoms with van der Waals surface area (Å²) >= 11 is 3.40. The summed E-state index contributed by atoms with van der Waals surface area (Å²) in [6, 6.07) is 13.0. The van der Waals surface area contributed by atoms with Gasteiger partial charge in [-0.2, -0.15) is 0 Å². The second-order valence-electron chi connectivity index (χ2n) is 4.73. The van der Waals surface area contributed by atoms with Crippen molar-refractivity contribution < 1.29 is 4.92 Å². The fraction of sp³-hybridized carbons (Fsp3) is 0.200. The van der Waals surface area contributed by atoms with Gasteiger partial charge in [0.1, 0.15) is 0 Å². The van der Waals surface area contributed by atoms with E-state index in [1.165, 1.54) is 6.07 Å². The first-order chi connectivity index (χ1) is 9.99. The van der Waals surface area contributed by atoms with Crippen LogP contribution < -0.4 is 10.2 Å². The Kier molecular flexibility index (Phi) is 4.80. The molecule has 0 aromatic heterocycles. The quantitative estimate of drug-likeness (QED) is 0.653. The molecule has 6 heteroatoms. The number of anilines is 2. The first-order valence-corrected chi connectivity index (χ1v) is 7.21. The molecule has 0 saturated heterocycles. The van der Waals surface area contributed by atoms with Crippen LogP contribution in [0.1, 0.15) is 5.56 Å². The molecule has 2 aromatic rings. The Morgan fingerprint density at radius 1 is 1.24 bits per heavy atom. The molecule has 0 amide bonds. The summed E-state index contributed by atoms with van der Waals surface area (Å²) in [5, 5.41) is 13.9. The number of rotatable bonds is 5. The molecule has 5 nitrogen and oxygen atoms in total. The van der Waals surface area contributed by atoms with E-state index in [1.807, 2.05) is 42.3 Å². The molecule has 2 rings (SSSR count). The highest BCUT2D eigenvalue weighted by atomic mass is 79.9. The topological polar surface area (TPSA) is 58.4 Å². The van der Waals surface area contributed by atoms with Crippen LogP contribution in [0, 0.1) is 10.1 Å². The zero-order chi connectivity index (χ0) is 15.4. The Morgan fingerprint density at radius 2 is 1.90 bits per heavy atom. The number of hydrogen-bond donors (Lipinski definition) is 1. The van der Waals surface area contributed by atoms with Crippen LogP contribution >= 0.6 is 15.9 Å². The summed E-state index contributed by atoms with van der Waals surface area (Å²) in [6.07, 6.45) is 0. The zero-order valence-corrected chi connectivity index (χ0v) is 13.4. The van der Waals surface area contributed by atoms with E-state index in [0.717, 1.165) is 21.4 Å². The first-order valence-electron chi connectivity index (χ1n) is 6.42. The second kappa shape index (κ2) is 6.58. The Labute approximate surface area is 131 Å². The fourth-order valence-corrected chi connectivity index (χ4v) is 2.28. The van der Waals surface area contributed by atoms with Crippen molar-refractivity contribution in [2.75, 3.05) is 24.3 Å². The second-order valence-corrected chi connectivity index (χ2v) is 5.64. The lowest BCUT2D eigenvalue weighted by molar-refractivity contribution is -0.384. The number of non-ortho nitro benzene ring substituents is 1. The van der Waals surface area contributed by atoms with Crippen LogP contribution in [0.3, 0.4) is 0 Å². The molecule has 0 atom stereocenters. The minimum atomic E-state index is -0.377. The average Bonchev–Trinajstić information content (AvgIpc) is 2.49. The smallest absolute Gasteiger partial charge is 0.273 e. The monoisotopic (exact) mass is 349 g/mol. The van der Waals surface area contributed by atoms with Crippen molar-refractivity contribution in [1.29, 1.82) is 0 Å². The molecule has 0 bridgehead atoms. The Bertz CT molecular complexity index is 644. The minimum absolute atomic E-state index is 0.0829. The number of halogens is 1. The molecule has 1 N–H and O–H groups in total. The molecule has 0 aliphatic heterocycles. The van der Waals surface area contributed by atoms with Gasteiger partial charge in [0.2, 0.25) is 0 Å². The lowest BCUT2D eigenvalue weighted by Gasteiger charge is -2.20. The number of nitrogens with one attached hydrogen (secondary N) is 1. The van der Waals surface area contributed by atoms with Gasteiger partial charge in [-0.05, 0) is 23.8 Å². The van der Waals surface area contributed by atoms with Gasteiger partial charge in [0.15, 0.2) is 0 Å². The highest BCUT2D eigenvalue weighted by Crippen LogP contribution is 2.27. The van der Waals surface area contributed by atoms with E-state index in [0.29, 0.717) is 6.54 Å². The maximum atomic E-state index is 11.0. The summed E-state index contributed by atoms with van der Waals surface area (Å²) in [5.41, 5.74) is 2.75. The van der Waals surface area contributed by atoms with Crippen molar-refractivity contribution in [2.24, 2.45) is 0 Å². The molecule has 110 valence electrons. The van der Waals surface area contributed by atoms with Gasteiger partial charge in [-0.25, -0.2) is 0 Å². The van der Waals surface area contributed by atoms with Crippen LogP contribution in [0.5, 0.6) is 0 Å². The summed E-state index contributed by atoms with van der Waals surface area (Å²) < 4.78 is 1.03. The highest BCUT2D eigenvalue weighted by molar-refractivity contribution is 9.10. The third kappa shape index (κ3) is 3.95. The minimum Gasteiger partial charge on any atom is -0.388 e. The van der Waals surface area contributed by atoms with Crippen molar-refractivity contribution in [2.45, 2.75) is 6.54 Å². The van der Waals surface area contributed by atoms with E-state index in [9.17, 15) is 10.1 Å². The van der Waals surface area contributed by atoms with Gasteiger partial charge in [-0.1, -0.05) is 28.1 Å². The van der Waals surface area contributed by atoms with E-state index in [2.05, 4.69) is 21.2 Å². The van der Waals surface area contributed by atoms with Crippen LogP contribution in [0.2, 0.25) is 0 Å². The maximum absolute atomic E-state index is 11.0. The predicted octanol–water partition coefficient (Wildman–Crippen LogP) is 4.04. The van der Waals surface area contributed by atoms with Crippen LogP contribution in [0.4, 0.5) is 17.1 Å². The molecular weight excluding hydrogens is 334 g/mol. The van der Waals surface area contributed by atoms with Crippen LogP contribution in [-0.4, -0.2) is 19.0 Å². The molecule has 0 radical (unpaired) electrons. The van der Waals surface area contributed by atoms with Crippen molar-refractivity contribution >= 4 is 33.0 Å². The van der Waals surface area contributed by atoms with E-state index >= 15 is 0 Å². The van der Waals surface area contributed by atoms with Gasteiger partial charge < -0.3 is 10.2 Å². The third-order valence-electron chi connectivity index (χ3n) is 3.18. The number of nitrogens with zero attached hydrogens (tertiary/aromatic N) is 2. The van der Waals surface area contributed by atoms with Crippen LogP contribution in [0.15, 0.2) is 46.9 Å². The standard InChI is InChI=1S/C15H16BrN3O2/c1-17-13-7-14(9-15(8-13)19(20)21)18(2)10-11-3-5-12(16)6-4-11/h3-9,17H,10H2,1-2H3. The van der Waals surface area contributed by atoms with E-state index in [4.69, 9.17) is 0 Å². The fourth-order valence-electron chi connectivity index (χ4n) is 2.02. The van der Waals surface area contributed by atoms with Gasteiger partial charge in [-0.15, -0.1) is 0 Å².